The summed E-state index contributed by atoms with van der Waals surface area (Å²) in [7, 11) is 0. The smallest absolute Gasteiger partial charge is 0.230 e. The summed E-state index contributed by atoms with van der Waals surface area (Å²) in [5.41, 5.74) is 1.91. The van der Waals surface area contributed by atoms with Gasteiger partial charge in [-0.15, -0.1) is 0 Å². The van der Waals surface area contributed by atoms with Crippen LogP contribution in [0.25, 0.3) is 5.69 Å². The average molecular weight is 437 g/mol. The van der Waals surface area contributed by atoms with Crippen LogP contribution in [0.1, 0.15) is 31.3 Å². The number of H-pyrrole nitrogens is 1. The van der Waals surface area contributed by atoms with Crippen LogP contribution >= 0.6 is 35.6 Å². The molecule has 0 radical (unpaired) electrons. The Balaban J connectivity index is 1.63. The molecule has 0 spiro atoms. The van der Waals surface area contributed by atoms with E-state index in [-0.39, 0.29) is 17.7 Å². The maximum Gasteiger partial charge on any atom is 0.230 e. The fourth-order valence-corrected chi connectivity index (χ4v) is 4.12. The molecule has 0 aliphatic heterocycles. The van der Waals surface area contributed by atoms with Crippen molar-refractivity contribution >= 4 is 41.5 Å². The van der Waals surface area contributed by atoms with Gasteiger partial charge >= 0.3 is 0 Å². The molecule has 10 heteroatoms. The highest BCUT2D eigenvalue weighted by Crippen LogP contribution is 2.26. The van der Waals surface area contributed by atoms with Crippen molar-refractivity contribution in [1.29, 1.82) is 0 Å². The van der Waals surface area contributed by atoms with E-state index >= 15 is 0 Å². The predicted molar refractivity (Wildman–Crippen MR) is 114 cm³/mol. The lowest BCUT2D eigenvalue weighted by Gasteiger charge is -2.12. The lowest BCUT2D eigenvalue weighted by molar-refractivity contribution is -0.118. The monoisotopic (exact) mass is 436 g/mol. The van der Waals surface area contributed by atoms with Crippen molar-refractivity contribution in [1.82, 2.24) is 29.6 Å². The minimum absolute atomic E-state index is 0.105. The van der Waals surface area contributed by atoms with Gasteiger partial charge in [0.15, 0.2) is 15.8 Å². The van der Waals surface area contributed by atoms with E-state index in [0.29, 0.717) is 22.2 Å². The van der Waals surface area contributed by atoms with E-state index in [2.05, 4.69) is 20.5 Å². The normalized spacial score (nSPS) is 11.2. The molecule has 2 heterocycles. The zero-order valence-corrected chi connectivity index (χ0v) is 18.2. The van der Waals surface area contributed by atoms with Crippen LogP contribution in [-0.4, -0.2) is 36.0 Å². The highest BCUT2D eigenvalue weighted by Gasteiger charge is 2.13. The van der Waals surface area contributed by atoms with Gasteiger partial charge in [0.05, 0.1) is 18.0 Å². The van der Waals surface area contributed by atoms with Crippen molar-refractivity contribution in [3.05, 3.63) is 51.8 Å². The van der Waals surface area contributed by atoms with Gasteiger partial charge in [0, 0.05) is 23.5 Å². The molecule has 2 N–H and O–H groups in total. The average Bonchev–Trinajstić information content (AvgIpc) is 3.26. The Morgan fingerprint density at radius 1 is 1.43 bits per heavy atom. The largest absolute Gasteiger partial charge is 0.348 e. The lowest BCUT2D eigenvalue weighted by atomic mass is 10.2. The summed E-state index contributed by atoms with van der Waals surface area (Å²) in [5, 5.41) is 11.3. The molecule has 0 bridgehead atoms. The van der Waals surface area contributed by atoms with Crippen LogP contribution in [0.4, 0.5) is 0 Å². The first-order chi connectivity index (χ1) is 13.4. The maximum atomic E-state index is 12.3. The standard InChI is InChI=1S/C18H21ClN6OS2/c1-11(2)25-15(22-23-17(25)27)9-21-16(26)10-28-18-20-7-8-24(18)14-6-4-5-13(19)12(14)3/h4-8,11H,9-10H2,1-3H3,(H,21,26)(H,23,27). The summed E-state index contributed by atoms with van der Waals surface area (Å²) in [6.07, 6.45) is 3.57. The molecule has 0 unspecified atom stereocenters. The number of amides is 1. The van der Waals surface area contributed by atoms with Gasteiger partial charge in [-0.25, -0.2) is 4.98 Å². The Bertz CT molecular complexity index is 1040. The van der Waals surface area contributed by atoms with E-state index in [1.165, 1.54) is 11.8 Å². The Kier molecular flexibility index (Phi) is 6.58. The van der Waals surface area contributed by atoms with Crippen LogP contribution in [-0.2, 0) is 11.3 Å². The van der Waals surface area contributed by atoms with Crippen LogP contribution in [0.15, 0.2) is 35.7 Å². The highest BCUT2D eigenvalue weighted by molar-refractivity contribution is 7.99. The minimum Gasteiger partial charge on any atom is -0.348 e. The zero-order chi connectivity index (χ0) is 20.3. The van der Waals surface area contributed by atoms with Crippen LogP contribution in [0.2, 0.25) is 5.02 Å². The number of benzene rings is 1. The number of hydrogen-bond acceptors (Lipinski definition) is 5. The van der Waals surface area contributed by atoms with Gasteiger partial charge in [0.25, 0.3) is 0 Å². The van der Waals surface area contributed by atoms with Gasteiger partial charge in [-0.3, -0.25) is 14.5 Å². The fourth-order valence-electron chi connectivity index (χ4n) is 2.79. The number of aromatic amines is 1. The van der Waals surface area contributed by atoms with E-state index in [1.54, 1.807) is 6.20 Å². The Hall–Kier alpha value is -2.10. The number of halogens is 1. The number of carbonyl (C=O) groups is 1. The van der Waals surface area contributed by atoms with E-state index in [4.69, 9.17) is 23.8 Å². The minimum atomic E-state index is -0.105. The second-order valence-electron chi connectivity index (χ2n) is 6.44. The topological polar surface area (TPSA) is 80.5 Å². The fraction of sp³-hybridized carbons (Fsp3) is 0.333. The van der Waals surface area contributed by atoms with Crippen LogP contribution in [0.3, 0.4) is 0 Å². The predicted octanol–water partition coefficient (Wildman–Crippen LogP) is 4.08. The molecule has 148 valence electrons. The molecule has 7 nitrogen and oxygen atoms in total. The maximum absolute atomic E-state index is 12.3. The number of carbonyl (C=O) groups excluding carboxylic acids is 1. The van der Waals surface area contributed by atoms with Crippen molar-refractivity contribution in [3.63, 3.8) is 0 Å². The molecular formula is C18H21ClN6OS2. The molecule has 28 heavy (non-hydrogen) atoms. The molecule has 1 aromatic carbocycles. The third-order valence-electron chi connectivity index (χ3n) is 4.18. The molecule has 3 aromatic rings. The molecule has 0 aliphatic carbocycles. The first-order valence-corrected chi connectivity index (χ1v) is 10.5. The van der Waals surface area contributed by atoms with Crippen molar-refractivity contribution < 1.29 is 4.79 Å². The molecule has 0 fully saturated rings. The molecule has 1 amide bonds. The number of thioether (sulfide) groups is 1. The van der Waals surface area contributed by atoms with Gasteiger partial charge in [-0.2, -0.15) is 5.10 Å². The van der Waals surface area contributed by atoms with Crippen LogP contribution in [0, 0.1) is 11.7 Å². The molecule has 2 aromatic heterocycles. The summed E-state index contributed by atoms with van der Waals surface area (Å²) in [5.74, 6) is 0.838. The van der Waals surface area contributed by atoms with Crippen LogP contribution in [0.5, 0.6) is 0 Å². The first kappa shape index (κ1) is 20.6. The van der Waals surface area contributed by atoms with Gasteiger partial charge in [0.2, 0.25) is 5.91 Å². The molecule has 0 saturated carbocycles. The quantitative estimate of drug-likeness (QED) is 0.431. The molecule has 0 aliphatic rings. The lowest BCUT2D eigenvalue weighted by Crippen LogP contribution is -2.26. The highest BCUT2D eigenvalue weighted by atomic mass is 35.5. The van der Waals surface area contributed by atoms with Crippen molar-refractivity contribution in [3.8, 4) is 5.69 Å². The number of nitrogens with one attached hydrogen (secondary N) is 2. The zero-order valence-electron chi connectivity index (χ0n) is 15.8. The van der Waals surface area contributed by atoms with E-state index in [9.17, 15) is 4.79 Å². The third kappa shape index (κ3) is 4.48. The SMILES string of the molecule is Cc1c(Cl)cccc1-n1ccnc1SCC(=O)NCc1n[nH]c(=S)n1C(C)C. The number of imidazole rings is 1. The summed E-state index contributed by atoms with van der Waals surface area (Å²) >= 11 is 12.8. The van der Waals surface area contributed by atoms with Gasteiger partial charge in [0.1, 0.15) is 0 Å². The summed E-state index contributed by atoms with van der Waals surface area (Å²) in [6, 6.07) is 5.89. The summed E-state index contributed by atoms with van der Waals surface area (Å²) in [6.45, 7) is 6.31. The molecule has 3 rings (SSSR count). The molecule has 0 atom stereocenters. The number of aromatic nitrogens is 5. The molecular weight excluding hydrogens is 416 g/mol. The Morgan fingerprint density at radius 3 is 2.96 bits per heavy atom. The first-order valence-electron chi connectivity index (χ1n) is 8.72. The summed E-state index contributed by atoms with van der Waals surface area (Å²) < 4.78 is 4.37. The van der Waals surface area contributed by atoms with Gasteiger partial charge in [-0.1, -0.05) is 29.4 Å². The third-order valence-corrected chi connectivity index (χ3v) is 5.84. The Morgan fingerprint density at radius 2 is 2.21 bits per heavy atom. The van der Waals surface area contributed by atoms with Crippen molar-refractivity contribution in [2.45, 2.75) is 38.5 Å². The summed E-state index contributed by atoms with van der Waals surface area (Å²) in [4.78, 5) is 16.7. The second-order valence-corrected chi connectivity index (χ2v) is 8.17. The van der Waals surface area contributed by atoms with E-state index < -0.39 is 0 Å². The number of nitrogens with zero attached hydrogens (tertiary/aromatic N) is 4. The number of hydrogen-bond donors (Lipinski definition) is 2. The second kappa shape index (κ2) is 8.93. The van der Waals surface area contributed by atoms with E-state index in [1.807, 2.05) is 54.3 Å². The Labute approximate surface area is 177 Å². The van der Waals surface area contributed by atoms with Gasteiger partial charge in [-0.05, 0) is 50.7 Å². The van der Waals surface area contributed by atoms with Crippen molar-refractivity contribution in [2.24, 2.45) is 0 Å². The van der Waals surface area contributed by atoms with Crippen LogP contribution < -0.4 is 5.32 Å². The molecule has 0 saturated heterocycles. The van der Waals surface area contributed by atoms with Gasteiger partial charge < -0.3 is 9.88 Å². The van der Waals surface area contributed by atoms with Crippen molar-refractivity contribution in [2.75, 3.05) is 5.75 Å². The van der Waals surface area contributed by atoms with E-state index in [0.717, 1.165) is 16.4 Å². The number of rotatable bonds is 7.